The molecule has 1 aromatic rings. The zero-order valence-corrected chi connectivity index (χ0v) is 18.1. The van der Waals surface area contributed by atoms with Gasteiger partial charge in [0, 0.05) is 14.1 Å². The molecule has 156 valence electrons. The summed E-state index contributed by atoms with van der Waals surface area (Å²) in [5, 5.41) is 0. The molecule has 0 saturated carbocycles. The van der Waals surface area contributed by atoms with Gasteiger partial charge in [-0.15, -0.1) is 0 Å². The minimum absolute atomic E-state index is 0.283. The van der Waals surface area contributed by atoms with Gasteiger partial charge in [0.1, 0.15) is 11.5 Å². The van der Waals surface area contributed by atoms with E-state index >= 15 is 0 Å². The van der Waals surface area contributed by atoms with Crippen molar-refractivity contribution in [3.63, 3.8) is 0 Å². The van der Waals surface area contributed by atoms with Crippen molar-refractivity contribution >= 4 is 10.3 Å². The average Bonchev–Trinajstić information content (AvgIpc) is 2.63. The quantitative estimate of drug-likeness (QED) is 0.341. The predicted octanol–water partition coefficient (Wildman–Crippen LogP) is 5.56. The van der Waals surface area contributed by atoms with Crippen LogP contribution < -0.4 is 8.92 Å². The first-order chi connectivity index (χ1) is 13.0. The molecule has 0 aliphatic rings. The third-order valence-corrected chi connectivity index (χ3v) is 5.79. The third-order valence-electron chi connectivity index (χ3n) is 4.49. The van der Waals surface area contributed by atoms with Crippen LogP contribution in [0.1, 0.15) is 77.6 Å². The summed E-state index contributed by atoms with van der Waals surface area (Å²) in [6.07, 6.45) is 14.4. The van der Waals surface area contributed by atoms with Gasteiger partial charge in [-0.1, -0.05) is 71.1 Å². The summed E-state index contributed by atoms with van der Waals surface area (Å²) in [5.74, 6) is 1.02. The molecule has 0 spiro atoms. The summed E-state index contributed by atoms with van der Waals surface area (Å²) in [6.45, 7) is 2.94. The van der Waals surface area contributed by atoms with E-state index in [-0.39, 0.29) is 5.75 Å². The van der Waals surface area contributed by atoms with Crippen molar-refractivity contribution in [3.8, 4) is 11.5 Å². The van der Waals surface area contributed by atoms with Gasteiger partial charge in [0.2, 0.25) is 0 Å². The SMILES string of the molecule is CCCCCCCCCCCCCOc1ccc(OS(=O)(=O)N(C)C)cc1. The van der Waals surface area contributed by atoms with Crippen molar-refractivity contribution in [2.75, 3.05) is 20.7 Å². The van der Waals surface area contributed by atoms with Crippen molar-refractivity contribution in [1.82, 2.24) is 4.31 Å². The lowest BCUT2D eigenvalue weighted by Gasteiger charge is -2.12. The average molecular weight is 400 g/mol. The van der Waals surface area contributed by atoms with Crippen molar-refractivity contribution in [3.05, 3.63) is 24.3 Å². The van der Waals surface area contributed by atoms with Crippen molar-refractivity contribution < 1.29 is 17.3 Å². The van der Waals surface area contributed by atoms with Gasteiger partial charge in [0.15, 0.2) is 0 Å². The maximum atomic E-state index is 11.7. The van der Waals surface area contributed by atoms with E-state index in [0.717, 1.165) is 16.5 Å². The van der Waals surface area contributed by atoms with Gasteiger partial charge < -0.3 is 8.92 Å². The number of rotatable bonds is 16. The molecule has 0 fully saturated rings. The molecular weight excluding hydrogens is 362 g/mol. The Morgan fingerprint density at radius 2 is 1.19 bits per heavy atom. The molecule has 0 aliphatic carbocycles. The van der Waals surface area contributed by atoms with E-state index in [9.17, 15) is 8.42 Å². The molecule has 1 aromatic carbocycles. The molecule has 0 bridgehead atoms. The van der Waals surface area contributed by atoms with E-state index in [1.807, 2.05) is 0 Å². The molecule has 0 saturated heterocycles. The number of hydrogen-bond acceptors (Lipinski definition) is 4. The molecule has 0 unspecified atom stereocenters. The fourth-order valence-electron chi connectivity index (χ4n) is 2.74. The zero-order chi connectivity index (χ0) is 20.0. The minimum Gasteiger partial charge on any atom is -0.494 e. The predicted molar refractivity (Wildman–Crippen MR) is 112 cm³/mol. The molecule has 0 heterocycles. The Labute approximate surface area is 166 Å². The fourth-order valence-corrected chi connectivity index (χ4v) is 3.25. The van der Waals surface area contributed by atoms with Crippen LogP contribution in [0.5, 0.6) is 11.5 Å². The summed E-state index contributed by atoms with van der Waals surface area (Å²) < 4.78 is 35.0. The molecule has 0 aromatic heterocycles. The summed E-state index contributed by atoms with van der Waals surface area (Å²) in [6, 6.07) is 6.69. The summed E-state index contributed by atoms with van der Waals surface area (Å²) in [4.78, 5) is 0. The molecule has 0 atom stereocenters. The highest BCUT2D eigenvalue weighted by atomic mass is 32.2. The normalized spacial score (nSPS) is 11.7. The Morgan fingerprint density at radius 3 is 1.67 bits per heavy atom. The highest BCUT2D eigenvalue weighted by Crippen LogP contribution is 2.20. The molecular formula is C21H37NO4S. The molecule has 0 radical (unpaired) electrons. The van der Waals surface area contributed by atoms with E-state index in [2.05, 4.69) is 6.92 Å². The fraction of sp³-hybridized carbons (Fsp3) is 0.714. The number of unbranched alkanes of at least 4 members (excludes halogenated alkanes) is 10. The van der Waals surface area contributed by atoms with Gasteiger partial charge in [-0.05, 0) is 30.7 Å². The lowest BCUT2D eigenvalue weighted by molar-refractivity contribution is 0.304. The van der Waals surface area contributed by atoms with Gasteiger partial charge in [-0.25, -0.2) is 0 Å². The molecule has 6 heteroatoms. The van der Waals surface area contributed by atoms with Crippen LogP contribution in [0.3, 0.4) is 0 Å². The molecule has 27 heavy (non-hydrogen) atoms. The van der Waals surface area contributed by atoms with Crippen LogP contribution in [-0.2, 0) is 10.3 Å². The highest BCUT2D eigenvalue weighted by molar-refractivity contribution is 7.84. The van der Waals surface area contributed by atoms with Crippen LogP contribution in [-0.4, -0.2) is 33.4 Å². The zero-order valence-electron chi connectivity index (χ0n) is 17.3. The smallest absolute Gasteiger partial charge is 0.384 e. The van der Waals surface area contributed by atoms with E-state index in [0.29, 0.717) is 6.61 Å². The number of ether oxygens (including phenoxy) is 1. The first kappa shape index (κ1) is 23.8. The molecule has 0 amide bonds. The third kappa shape index (κ3) is 11.2. The Kier molecular flexibility index (Phi) is 12.2. The number of nitrogens with zero attached hydrogens (tertiary/aromatic N) is 1. The standard InChI is InChI=1S/C21H37NO4S/c1-4-5-6-7-8-9-10-11-12-13-14-19-25-20-15-17-21(18-16-20)26-27(23,24)22(2)3/h15-18H,4-14,19H2,1-3H3. The van der Waals surface area contributed by atoms with E-state index in [4.69, 9.17) is 8.92 Å². The number of hydrogen-bond donors (Lipinski definition) is 0. The van der Waals surface area contributed by atoms with Crippen molar-refractivity contribution in [1.29, 1.82) is 0 Å². The van der Waals surface area contributed by atoms with Crippen LogP contribution in [0.4, 0.5) is 0 Å². The van der Waals surface area contributed by atoms with Crippen LogP contribution in [0, 0.1) is 0 Å². The Hall–Kier alpha value is -1.27. The summed E-state index contributed by atoms with van der Waals surface area (Å²) >= 11 is 0. The van der Waals surface area contributed by atoms with Gasteiger partial charge in [0.05, 0.1) is 6.61 Å². The summed E-state index contributed by atoms with van der Waals surface area (Å²) in [5.41, 5.74) is 0. The lowest BCUT2D eigenvalue weighted by atomic mass is 10.1. The van der Waals surface area contributed by atoms with E-state index < -0.39 is 10.3 Å². The van der Waals surface area contributed by atoms with Gasteiger partial charge in [-0.3, -0.25) is 0 Å². The summed E-state index contributed by atoms with van der Waals surface area (Å²) in [7, 11) is -0.850. The first-order valence-electron chi connectivity index (χ1n) is 10.3. The monoisotopic (exact) mass is 399 g/mol. The minimum atomic E-state index is -3.71. The van der Waals surface area contributed by atoms with Gasteiger partial charge in [-0.2, -0.15) is 12.7 Å². The van der Waals surface area contributed by atoms with Crippen molar-refractivity contribution in [2.45, 2.75) is 77.6 Å². The molecule has 0 N–H and O–H groups in total. The Bertz CT molecular complexity index is 585. The maximum absolute atomic E-state index is 11.7. The van der Waals surface area contributed by atoms with Gasteiger partial charge in [0.25, 0.3) is 0 Å². The maximum Gasteiger partial charge on any atom is 0.384 e. The number of benzene rings is 1. The molecule has 0 aliphatic heterocycles. The molecule has 1 rings (SSSR count). The van der Waals surface area contributed by atoms with E-state index in [1.165, 1.54) is 78.3 Å². The van der Waals surface area contributed by atoms with E-state index in [1.54, 1.807) is 24.3 Å². The first-order valence-corrected chi connectivity index (χ1v) is 11.7. The molecule has 5 nitrogen and oxygen atoms in total. The van der Waals surface area contributed by atoms with Crippen molar-refractivity contribution in [2.24, 2.45) is 0 Å². The lowest BCUT2D eigenvalue weighted by Crippen LogP contribution is -2.26. The van der Waals surface area contributed by atoms with Crippen LogP contribution >= 0.6 is 0 Å². The van der Waals surface area contributed by atoms with Crippen LogP contribution in [0.2, 0.25) is 0 Å². The Morgan fingerprint density at radius 1 is 0.741 bits per heavy atom. The largest absolute Gasteiger partial charge is 0.494 e. The second-order valence-electron chi connectivity index (χ2n) is 7.18. The topological polar surface area (TPSA) is 55.8 Å². The Balaban J connectivity index is 2.05. The van der Waals surface area contributed by atoms with Crippen LogP contribution in [0.25, 0.3) is 0 Å². The van der Waals surface area contributed by atoms with Gasteiger partial charge >= 0.3 is 10.3 Å². The van der Waals surface area contributed by atoms with Crippen LogP contribution in [0.15, 0.2) is 24.3 Å². The second kappa shape index (κ2) is 13.8. The highest BCUT2D eigenvalue weighted by Gasteiger charge is 2.15. The second-order valence-corrected chi connectivity index (χ2v) is 8.93.